The van der Waals surface area contributed by atoms with Gasteiger partial charge in [0.2, 0.25) is 6.54 Å². The van der Waals surface area contributed by atoms with E-state index in [1.54, 1.807) is 12.1 Å². The number of fused-ring (bicyclic) bond motifs is 1. The lowest BCUT2D eigenvalue weighted by atomic mass is 9.93. The maximum Gasteiger partial charge on any atom is 0.286 e. The highest BCUT2D eigenvalue weighted by Crippen LogP contribution is 2.21. The highest BCUT2D eigenvalue weighted by molar-refractivity contribution is 6.35. The molecule has 0 fully saturated rings. The lowest BCUT2D eigenvalue weighted by molar-refractivity contribution is -0.685. The van der Waals surface area contributed by atoms with E-state index in [0.717, 1.165) is 18.4 Å². The first-order chi connectivity index (χ1) is 11.1. The Morgan fingerprint density at radius 2 is 1.91 bits per heavy atom. The van der Waals surface area contributed by atoms with Gasteiger partial charge >= 0.3 is 0 Å². The molecular formula is C18H19Cl2N2O+. The van der Waals surface area contributed by atoms with Gasteiger partial charge in [-0.15, -0.1) is 0 Å². The molecule has 0 atom stereocenters. The van der Waals surface area contributed by atoms with Crippen molar-refractivity contribution in [3.63, 3.8) is 0 Å². The predicted molar refractivity (Wildman–Crippen MR) is 91.6 cm³/mol. The van der Waals surface area contributed by atoms with E-state index in [9.17, 15) is 4.79 Å². The molecule has 0 spiro atoms. The number of rotatable bonds is 4. The van der Waals surface area contributed by atoms with Crippen LogP contribution in [0, 0.1) is 0 Å². The Hall–Kier alpha value is -1.58. The molecule has 1 heterocycles. The molecule has 1 N–H and O–H groups in total. The smallest absolute Gasteiger partial charge is 0.286 e. The molecule has 1 amide bonds. The number of amides is 1. The quantitative estimate of drug-likeness (QED) is 0.842. The largest absolute Gasteiger partial charge is 0.346 e. The highest BCUT2D eigenvalue weighted by Gasteiger charge is 2.15. The van der Waals surface area contributed by atoms with Crippen molar-refractivity contribution in [2.45, 2.75) is 38.8 Å². The third kappa shape index (κ3) is 4.24. The van der Waals surface area contributed by atoms with Gasteiger partial charge in [0.1, 0.15) is 0 Å². The predicted octanol–water partition coefficient (Wildman–Crippen LogP) is 3.48. The van der Waals surface area contributed by atoms with Crippen LogP contribution in [0.15, 0.2) is 36.7 Å². The van der Waals surface area contributed by atoms with Crippen molar-refractivity contribution >= 4 is 29.1 Å². The summed E-state index contributed by atoms with van der Waals surface area (Å²) in [6, 6.07) is 7.42. The number of aryl methyl sites for hydroxylation is 2. The summed E-state index contributed by atoms with van der Waals surface area (Å²) >= 11 is 12.0. The number of nitrogens with zero attached hydrogens (tertiary/aromatic N) is 1. The van der Waals surface area contributed by atoms with Gasteiger partial charge in [-0.25, -0.2) is 0 Å². The van der Waals surface area contributed by atoms with Gasteiger partial charge < -0.3 is 5.32 Å². The van der Waals surface area contributed by atoms with Crippen molar-refractivity contribution in [3.05, 3.63) is 63.4 Å². The van der Waals surface area contributed by atoms with Gasteiger partial charge in [0.05, 0.1) is 0 Å². The number of halogens is 2. The normalized spacial score (nSPS) is 13.5. The Labute approximate surface area is 146 Å². The van der Waals surface area contributed by atoms with Crippen molar-refractivity contribution in [1.82, 2.24) is 5.32 Å². The van der Waals surface area contributed by atoms with Gasteiger partial charge in [0.15, 0.2) is 12.4 Å². The van der Waals surface area contributed by atoms with Crippen molar-refractivity contribution in [1.29, 1.82) is 0 Å². The molecular weight excluding hydrogens is 331 g/mol. The molecule has 1 aliphatic carbocycles. The summed E-state index contributed by atoms with van der Waals surface area (Å²) in [6.45, 7) is 0.721. The lowest BCUT2D eigenvalue weighted by Crippen LogP contribution is -2.43. The monoisotopic (exact) mass is 349 g/mol. The van der Waals surface area contributed by atoms with Gasteiger partial charge in [0, 0.05) is 28.2 Å². The van der Waals surface area contributed by atoms with Crippen LogP contribution in [0.5, 0.6) is 0 Å². The maximum absolute atomic E-state index is 12.1. The van der Waals surface area contributed by atoms with E-state index in [-0.39, 0.29) is 5.91 Å². The molecule has 3 rings (SSSR count). The van der Waals surface area contributed by atoms with E-state index >= 15 is 0 Å². The first-order valence-electron chi connectivity index (χ1n) is 7.83. The molecule has 1 aromatic carbocycles. The zero-order valence-corrected chi connectivity index (χ0v) is 14.3. The fourth-order valence-corrected chi connectivity index (χ4v) is 3.37. The average Bonchev–Trinajstić information content (AvgIpc) is 2.54. The van der Waals surface area contributed by atoms with Crippen LogP contribution >= 0.6 is 23.2 Å². The number of carbonyl (C=O) groups is 1. The Kier molecular flexibility index (Phi) is 5.19. The van der Waals surface area contributed by atoms with Crippen molar-refractivity contribution in [2.75, 3.05) is 0 Å². The topological polar surface area (TPSA) is 33.0 Å². The Balaban J connectivity index is 1.59. The summed E-state index contributed by atoms with van der Waals surface area (Å²) < 4.78 is 1.95. The second-order valence-corrected chi connectivity index (χ2v) is 6.73. The molecule has 0 saturated carbocycles. The van der Waals surface area contributed by atoms with Crippen LogP contribution in [-0.2, 0) is 30.7 Å². The van der Waals surface area contributed by atoms with Gasteiger partial charge in [-0.3, -0.25) is 4.79 Å². The molecule has 0 saturated heterocycles. The van der Waals surface area contributed by atoms with Crippen LogP contribution in [0.3, 0.4) is 0 Å². The number of pyridine rings is 1. The van der Waals surface area contributed by atoms with Crippen molar-refractivity contribution < 1.29 is 9.36 Å². The summed E-state index contributed by atoms with van der Waals surface area (Å²) in [7, 11) is 0. The molecule has 0 bridgehead atoms. The fraction of sp³-hybridized carbons (Fsp3) is 0.333. The standard InChI is InChI=1S/C18H18Cl2N2O/c19-16-6-5-14(17(20)9-16)10-21-18(23)12-22-8-7-13-3-1-2-4-15(13)11-22/h5-9,11H,1-4,10,12H2/p+1. The molecule has 0 unspecified atom stereocenters. The number of aromatic nitrogens is 1. The van der Waals surface area contributed by atoms with E-state index in [4.69, 9.17) is 23.2 Å². The van der Waals surface area contributed by atoms with Gasteiger partial charge in [-0.1, -0.05) is 29.3 Å². The van der Waals surface area contributed by atoms with Crippen LogP contribution in [0.25, 0.3) is 0 Å². The second-order valence-electron chi connectivity index (χ2n) is 5.89. The number of hydrogen-bond acceptors (Lipinski definition) is 1. The van der Waals surface area contributed by atoms with Gasteiger partial charge in [0.25, 0.3) is 5.91 Å². The SMILES string of the molecule is O=C(C[n+]1ccc2c(c1)CCCC2)NCc1ccc(Cl)cc1Cl. The summed E-state index contributed by atoms with van der Waals surface area (Å²) in [5.74, 6) is -0.0308. The molecule has 1 aliphatic rings. The van der Waals surface area contributed by atoms with E-state index in [1.807, 2.05) is 16.8 Å². The number of nitrogens with one attached hydrogen (secondary N) is 1. The minimum absolute atomic E-state index is 0.0308. The fourth-order valence-electron chi connectivity index (χ4n) is 2.90. The van der Waals surface area contributed by atoms with E-state index in [2.05, 4.69) is 17.6 Å². The number of carbonyl (C=O) groups excluding carboxylic acids is 1. The van der Waals surface area contributed by atoms with Crippen LogP contribution in [0.2, 0.25) is 10.0 Å². The molecule has 120 valence electrons. The summed E-state index contributed by atoms with van der Waals surface area (Å²) in [4.78, 5) is 12.1. The Morgan fingerprint density at radius 3 is 2.70 bits per heavy atom. The molecule has 0 aliphatic heterocycles. The molecule has 0 radical (unpaired) electrons. The van der Waals surface area contributed by atoms with Gasteiger partial charge in [-0.2, -0.15) is 4.57 Å². The number of benzene rings is 1. The van der Waals surface area contributed by atoms with E-state index in [1.165, 1.54) is 24.0 Å². The molecule has 1 aromatic heterocycles. The zero-order chi connectivity index (χ0) is 16.2. The number of hydrogen-bond donors (Lipinski definition) is 1. The molecule has 2 aromatic rings. The summed E-state index contributed by atoms with van der Waals surface area (Å²) in [6.07, 6.45) is 8.84. The maximum atomic E-state index is 12.1. The molecule has 23 heavy (non-hydrogen) atoms. The van der Waals surface area contributed by atoms with E-state index < -0.39 is 0 Å². The third-order valence-corrected chi connectivity index (χ3v) is 4.75. The first kappa shape index (κ1) is 16.3. The van der Waals surface area contributed by atoms with Crippen molar-refractivity contribution in [3.8, 4) is 0 Å². The Morgan fingerprint density at radius 1 is 1.13 bits per heavy atom. The molecule has 3 nitrogen and oxygen atoms in total. The highest BCUT2D eigenvalue weighted by atomic mass is 35.5. The molecule has 5 heteroatoms. The van der Waals surface area contributed by atoms with Gasteiger partial charge in [-0.05, 0) is 48.9 Å². The zero-order valence-electron chi connectivity index (χ0n) is 12.8. The minimum Gasteiger partial charge on any atom is -0.346 e. The average molecular weight is 350 g/mol. The van der Waals surface area contributed by atoms with E-state index in [0.29, 0.717) is 23.1 Å². The second kappa shape index (κ2) is 7.33. The van der Waals surface area contributed by atoms with Crippen LogP contribution in [0.4, 0.5) is 0 Å². The lowest BCUT2D eigenvalue weighted by Gasteiger charge is -2.13. The Bertz CT molecular complexity index is 731. The van der Waals surface area contributed by atoms with Crippen LogP contribution in [0.1, 0.15) is 29.5 Å². The van der Waals surface area contributed by atoms with Crippen LogP contribution < -0.4 is 9.88 Å². The summed E-state index contributed by atoms with van der Waals surface area (Å²) in [5, 5.41) is 4.06. The third-order valence-electron chi connectivity index (χ3n) is 4.16. The van der Waals surface area contributed by atoms with Crippen LogP contribution in [-0.4, -0.2) is 5.91 Å². The van der Waals surface area contributed by atoms with Crippen molar-refractivity contribution in [2.24, 2.45) is 0 Å². The summed E-state index contributed by atoms with van der Waals surface area (Å²) in [5.41, 5.74) is 3.65. The first-order valence-corrected chi connectivity index (χ1v) is 8.59. The minimum atomic E-state index is -0.0308.